The first-order valence-corrected chi connectivity index (χ1v) is 6.23. The summed E-state index contributed by atoms with van der Waals surface area (Å²) in [6.07, 6.45) is 0. The van der Waals surface area contributed by atoms with Crippen LogP contribution < -0.4 is 0 Å². The van der Waals surface area contributed by atoms with Crippen LogP contribution in [0.25, 0.3) is 33.5 Å². The molecule has 2 aromatic heterocycles. The molecule has 2 aromatic carbocycles. The van der Waals surface area contributed by atoms with E-state index < -0.39 is 0 Å². The highest BCUT2D eigenvalue weighted by molar-refractivity contribution is 7.00. The van der Waals surface area contributed by atoms with E-state index in [0.29, 0.717) is 0 Å². The van der Waals surface area contributed by atoms with E-state index in [1.165, 1.54) is 11.7 Å². The van der Waals surface area contributed by atoms with Gasteiger partial charge in [0.1, 0.15) is 16.9 Å². The van der Waals surface area contributed by atoms with E-state index in [4.69, 9.17) is 0 Å². The van der Waals surface area contributed by atoms with E-state index in [9.17, 15) is 0 Å². The monoisotopic (exact) mass is 251 g/mol. The quantitative estimate of drug-likeness (QED) is 0.565. The van der Waals surface area contributed by atoms with Crippen molar-refractivity contribution < 1.29 is 0 Å². The first-order chi connectivity index (χ1) is 8.90. The van der Waals surface area contributed by atoms with Crippen LogP contribution in [-0.2, 0) is 0 Å². The first-order valence-electron chi connectivity index (χ1n) is 5.50. The van der Waals surface area contributed by atoms with Crippen LogP contribution in [0.2, 0.25) is 0 Å². The molecule has 5 heteroatoms. The van der Waals surface area contributed by atoms with Crippen LogP contribution in [0.15, 0.2) is 36.4 Å². The number of aromatic amines is 1. The number of hydrogen-bond donors (Lipinski definition) is 1. The Balaban J connectivity index is 1.94. The third-order valence-electron chi connectivity index (χ3n) is 2.82. The van der Waals surface area contributed by atoms with Crippen molar-refractivity contribution in [2.45, 2.75) is 0 Å². The molecule has 18 heavy (non-hydrogen) atoms. The second-order valence-corrected chi connectivity index (χ2v) is 4.50. The average molecular weight is 251 g/mol. The van der Waals surface area contributed by atoms with E-state index in [1.54, 1.807) is 0 Å². The first kappa shape index (κ1) is 9.73. The maximum absolute atomic E-state index is 4.54. The number of aromatic nitrogens is 4. The van der Waals surface area contributed by atoms with E-state index >= 15 is 0 Å². The summed E-state index contributed by atoms with van der Waals surface area (Å²) in [5.74, 6) is 0.811. The number of benzene rings is 2. The molecule has 1 N–H and O–H groups in total. The Hall–Kier alpha value is -2.27. The van der Waals surface area contributed by atoms with E-state index in [1.807, 2.05) is 36.4 Å². The van der Waals surface area contributed by atoms with Gasteiger partial charge in [0.05, 0.1) is 22.8 Å². The summed E-state index contributed by atoms with van der Waals surface area (Å²) in [7, 11) is 0. The third-order valence-corrected chi connectivity index (χ3v) is 3.36. The Kier molecular flexibility index (Phi) is 1.95. The molecule has 0 aliphatic heterocycles. The normalized spacial score (nSPS) is 11.3. The minimum absolute atomic E-state index is 0.790. The molecule has 0 amide bonds. The summed E-state index contributed by atoms with van der Waals surface area (Å²) in [6, 6.07) is 15.1. The van der Waals surface area contributed by atoms with Crippen molar-refractivity contribution in [3.63, 3.8) is 0 Å². The van der Waals surface area contributed by atoms with Crippen LogP contribution in [-0.4, -0.2) is 18.7 Å². The van der Waals surface area contributed by atoms with Gasteiger partial charge in [0.25, 0.3) is 0 Å². The highest BCUT2D eigenvalue weighted by atomic mass is 32.1. The zero-order valence-electron chi connectivity index (χ0n) is 9.21. The predicted molar refractivity (Wildman–Crippen MR) is 71.3 cm³/mol. The van der Waals surface area contributed by atoms with Crippen molar-refractivity contribution in [2.75, 3.05) is 0 Å². The Morgan fingerprint density at radius 1 is 1.00 bits per heavy atom. The van der Waals surface area contributed by atoms with Crippen molar-refractivity contribution in [2.24, 2.45) is 0 Å². The number of nitrogens with one attached hydrogen (secondary N) is 1. The molecule has 85 valence electrons. The van der Waals surface area contributed by atoms with Gasteiger partial charge in [0.2, 0.25) is 0 Å². The van der Waals surface area contributed by atoms with Gasteiger partial charge in [-0.1, -0.05) is 12.1 Å². The maximum Gasteiger partial charge on any atom is 0.139 e. The minimum Gasteiger partial charge on any atom is -0.338 e. The van der Waals surface area contributed by atoms with Crippen LogP contribution in [0.4, 0.5) is 0 Å². The SMILES string of the molecule is [c]1c(-c2nc3ccccc3[nH]2)ccc2nsnc12. The molecule has 0 saturated heterocycles. The topological polar surface area (TPSA) is 54.5 Å². The molecule has 0 bridgehead atoms. The largest absolute Gasteiger partial charge is 0.338 e. The van der Waals surface area contributed by atoms with Crippen molar-refractivity contribution in [3.05, 3.63) is 42.5 Å². The lowest BCUT2D eigenvalue weighted by Gasteiger charge is -1.94. The Morgan fingerprint density at radius 3 is 2.89 bits per heavy atom. The van der Waals surface area contributed by atoms with Crippen molar-refractivity contribution in [1.29, 1.82) is 0 Å². The molecule has 0 aliphatic carbocycles. The van der Waals surface area contributed by atoms with Gasteiger partial charge < -0.3 is 4.98 Å². The van der Waals surface area contributed by atoms with E-state index in [-0.39, 0.29) is 0 Å². The van der Waals surface area contributed by atoms with Crippen LogP contribution >= 0.6 is 11.7 Å². The lowest BCUT2D eigenvalue weighted by atomic mass is 10.2. The average Bonchev–Trinajstić information content (AvgIpc) is 3.04. The maximum atomic E-state index is 4.54. The molecule has 0 atom stereocenters. The summed E-state index contributed by atoms with van der Waals surface area (Å²) in [6.45, 7) is 0. The van der Waals surface area contributed by atoms with Gasteiger partial charge in [-0.05, 0) is 24.3 Å². The number of H-pyrrole nitrogens is 1. The lowest BCUT2D eigenvalue weighted by Crippen LogP contribution is -1.81. The molecular formula is C13H7N4S. The summed E-state index contributed by atoms with van der Waals surface area (Å²) in [5.41, 5.74) is 4.55. The van der Waals surface area contributed by atoms with Gasteiger partial charge in [0.15, 0.2) is 0 Å². The lowest BCUT2D eigenvalue weighted by molar-refractivity contribution is 1.34. The molecule has 4 nitrogen and oxygen atoms in total. The Labute approximate surface area is 107 Å². The third kappa shape index (κ3) is 1.41. The molecule has 1 radical (unpaired) electrons. The van der Waals surface area contributed by atoms with Gasteiger partial charge in [-0.2, -0.15) is 8.75 Å². The number of hydrogen-bond acceptors (Lipinski definition) is 4. The molecule has 0 saturated carbocycles. The molecule has 2 heterocycles. The summed E-state index contributed by atoms with van der Waals surface area (Å²) in [4.78, 5) is 7.82. The van der Waals surface area contributed by atoms with Crippen molar-refractivity contribution in [1.82, 2.24) is 18.7 Å². The number of fused-ring (bicyclic) bond motifs is 2. The summed E-state index contributed by atoms with van der Waals surface area (Å²) >= 11 is 1.20. The van der Waals surface area contributed by atoms with Crippen LogP contribution in [0.1, 0.15) is 0 Å². The number of para-hydroxylation sites is 2. The molecule has 0 unspecified atom stereocenters. The Morgan fingerprint density at radius 2 is 1.94 bits per heavy atom. The fraction of sp³-hybridized carbons (Fsp3) is 0. The molecule has 0 aliphatic rings. The molecule has 4 aromatic rings. The fourth-order valence-electron chi connectivity index (χ4n) is 1.94. The Bertz CT molecular complexity index is 813. The van der Waals surface area contributed by atoms with Crippen molar-refractivity contribution in [3.8, 4) is 11.4 Å². The van der Waals surface area contributed by atoms with Gasteiger partial charge in [0, 0.05) is 11.6 Å². The molecular weight excluding hydrogens is 244 g/mol. The molecule has 4 rings (SSSR count). The van der Waals surface area contributed by atoms with Gasteiger partial charge >= 0.3 is 0 Å². The second-order valence-electron chi connectivity index (χ2n) is 3.97. The van der Waals surface area contributed by atoms with E-state index in [2.05, 4.69) is 24.8 Å². The molecule has 0 spiro atoms. The standard InChI is InChI=1S/C13H7N4S/c1-2-4-10-9(3-1)14-13(15-10)8-5-6-11-12(7-8)17-18-16-11/h1-6H,(H,14,15). The fourth-order valence-corrected chi connectivity index (χ4v) is 2.44. The zero-order valence-corrected chi connectivity index (χ0v) is 10.0. The highest BCUT2D eigenvalue weighted by Gasteiger charge is 2.07. The van der Waals surface area contributed by atoms with Gasteiger partial charge in [-0.25, -0.2) is 4.98 Å². The summed E-state index contributed by atoms with van der Waals surface area (Å²) < 4.78 is 8.36. The number of imidazole rings is 1. The van der Waals surface area contributed by atoms with E-state index in [0.717, 1.165) is 33.5 Å². The van der Waals surface area contributed by atoms with Crippen LogP contribution in [0, 0.1) is 6.07 Å². The molecule has 0 fully saturated rings. The van der Waals surface area contributed by atoms with Gasteiger partial charge in [-0.15, -0.1) is 0 Å². The zero-order chi connectivity index (χ0) is 11.9. The highest BCUT2D eigenvalue weighted by Crippen LogP contribution is 2.22. The van der Waals surface area contributed by atoms with Crippen LogP contribution in [0.5, 0.6) is 0 Å². The minimum atomic E-state index is 0.790. The smallest absolute Gasteiger partial charge is 0.139 e. The predicted octanol–water partition coefficient (Wildman–Crippen LogP) is 3.03. The van der Waals surface area contributed by atoms with Crippen LogP contribution in [0.3, 0.4) is 0 Å². The second kappa shape index (κ2) is 3.61. The summed E-state index contributed by atoms with van der Waals surface area (Å²) in [5, 5.41) is 0. The number of rotatable bonds is 1. The number of nitrogens with zero attached hydrogens (tertiary/aromatic N) is 3. The van der Waals surface area contributed by atoms with Crippen molar-refractivity contribution >= 4 is 33.8 Å². The van der Waals surface area contributed by atoms with Gasteiger partial charge in [-0.3, -0.25) is 0 Å².